The van der Waals surface area contributed by atoms with Gasteiger partial charge >= 0.3 is 0 Å². The van der Waals surface area contributed by atoms with Gasteiger partial charge < -0.3 is 10.5 Å². The molecule has 1 heterocycles. The predicted molar refractivity (Wildman–Crippen MR) is 71.0 cm³/mol. The summed E-state index contributed by atoms with van der Waals surface area (Å²) in [5.74, 6) is 1.10. The normalized spacial score (nSPS) is 11.1. The van der Waals surface area contributed by atoms with Crippen molar-refractivity contribution in [3.05, 3.63) is 18.3 Å². The molecule has 0 saturated carbocycles. The van der Waals surface area contributed by atoms with Gasteiger partial charge in [0.1, 0.15) is 18.2 Å². The van der Waals surface area contributed by atoms with Crippen molar-refractivity contribution in [2.75, 3.05) is 19.4 Å². The molecule has 0 unspecified atom stereocenters. The summed E-state index contributed by atoms with van der Waals surface area (Å²) in [6.07, 6.45) is 2.77. The number of hydrogen-bond donors (Lipinski definition) is 4. The Morgan fingerprint density at radius 3 is 2.78 bits per heavy atom. The third-order valence-electron chi connectivity index (χ3n) is 2.36. The van der Waals surface area contributed by atoms with Crippen molar-refractivity contribution in [1.29, 1.82) is 5.41 Å². The van der Waals surface area contributed by atoms with Crippen LogP contribution in [0.3, 0.4) is 0 Å². The number of nitrogen functional groups attached to an aromatic ring is 1. The van der Waals surface area contributed by atoms with Gasteiger partial charge in [-0.25, -0.2) is 10.4 Å². The summed E-state index contributed by atoms with van der Waals surface area (Å²) in [6, 6.07) is 3.45. The van der Waals surface area contributed by atoms with Crippen molar-refractivity contribution in [3.8, 4) is 5.75 Å². The molecule has 0 aliphatic rings. The van der Waals surface area contributed by atoms with Crippen LogP contribution in [0.5, 0.6) is 5.75 Å². The molecule has 0 radical (unpaired) electrons. The Hall–Kier alpha value is -1.86. The van der Waals surface area contributed by atoms with E-state index in [1.165, 1.54) is 6.34 Å². The maximum absolute atomic E-state index is 7.34. The van der Waals surface area contributed by atoms with Gasteiger partial charge in [0, 0.05) is 7.05 Å². The summed E-state index contributed by atoms with van der Waals surface area (Å²) in [7, 11) is 1.73. The first-order valence-electron chi connectivity index (χ1n) is 5.56. The number of pyridine rings is 1. The molecule has 0 aliphatic heterocycles. The lowest BCUT2D eigenvalue weighted by molar-refractivity contribution is 0.0788. The molecule has 7 nitrogen and oxygen atoms in total. The maximum Gasteiger partial charge on any atom is 0.137 e. The lowest BCUT2D eigenvalue weighted by Gasteiger charge is -2.36. The van der Waals surface area contributed by atoms with E-state index in [9.17, 15) is 0 Å². The van der Waals surface area contributed by atoms with Crippen molar-refractivity contribution in [3.63, 3.8) is 0 Å². The van der Waals surface area contributed by atoms with E-state index in [2.05, 4.69) is 15.9 Å². The minimum atomic E-state index is -0.397. The molecule has 7 heteroatoms. The Morgan fingerprint density at radius 1 is 1.56 bits per heavy atom. The van der Waals surface area contributed by atoms with E-state index in [1.807, 2.05) is 13.8 Å². The number of anilines is 1. The van der Waals surface area contributed by atoms with Gasteiger partial charge in [-0.1, -0.05) is 0 Å². The average Bonchev–Trinajstić information content (AvgIpc) is 2.35. The van der Waals surface area contributed by atoms with Crippen molar-refractivity contribution in [2.45, 2.75) is 19.4 Å². The number of nitrogens with two attached hydrogens (primary N) is 1. The van der Waals surface area contributed by atoms with Gasteiger partial charge in [-0.05, 0) is 26.0 Å². The van der Waals surface area contributed by atoms with Crippen molar-refractivity contribution >= 4 is 12.2 Å². The SMILES string of the molecule is CNNN(C=N)C(C)(C)COc1ccc(N)nc1. The fourth-order valence-electron chi connectivity index (χ4n) is 1.29. The number of rotatable bonds is 7. The maximum atomic E-state index is 7.34. The van der Waals surface area contributed by atoms with E-state index in [0.717, 1.165) is 0 Å². The van der Waals surface area contributed by atoms with Crippen molar-refractivity contribution in [2.24, 2.45) is 0 Å². The van der Waals surface area contributed by atoms with Gasteiger partial charge in [-0.15, -0.1) is 0 Å². The van der Waals surface area contributed by atoms with Crippen LogP contribution in [0.4, 0.5) is 5.82 Å². The lowest BCUT2D eigenvalue weighted by Crippen LogP contribution is -2.57. The standard InChI is InChI=1S/C11H20N6O/c1-11(2,17(8-12)16-14-3)7-18-9-4-5-10(13)15-6-9/h4-6,8,12,14,16H,7H2,1-3H3,(H2,13,15). The smallest absolute Gasteiger partial charge is 0.137 e. The predicted octanol–water partition coefficient (Wildman–Crippen LogP) is 0.369. The summed E-state index contributed by atoms with van der Waals surface area (Å²) in [4.78, 5) is 3.95. The number of nitrogens with one attached hydrogen (secondary N) is 3. The zero-order chi connectivity index (χ0) is 13.6. The van der Waals surface area contributed by atoms with Gasteiger partial charge in [0.2, 0.25) is 0 Å². The second-order valence-electron chi connectivity index (χ2n) is 4.38. The minimum absolute atomic E-state index is 0.392. The molecule has 1 rings (SSSR count). The molecule has 100 valence electrons. The van der Waals surface area contributed by atoms with Crippen LogP contribution in [-0.2, 0) is 0 Å². The molecule has 5 N–H and O–H groups in total. The Balaban J connectivity index is 2.59. The average molecular weight is 252 g/mol. The van der Waals surface area contributed by atoms with E-state index < -0.39 is 5.54 Å². The molecular formula is C11H20N6O. The number of nitrogens with zero attached hydrogens (tertiary/aromatic N) is 2. The molecule has 1 aromatic rings. The highest BCUT2D eigenvalue weighted by Gasteiger charge is 2.25. The van der Waals surface area contributed by atoms with Crippen LogP contribution in [0, 0.1) is 5.41 Å². The highest BCUT2D eigenvalue weighted by atomic mass is 16.5. The summed E-state index contributed by atoms with van der Waals surface area (Å²) in [5.41, 5.74) is 10.7. The molecular weight excluding hydrogens is 232 g/mol. The number of hydrazine groups is 2. The first-order chi connectivity index (χ1) is 8.49. The molecule has 1 aromatic heterocycles. The largest absolute Gasteiger partial charge is 0.489 e. The summed E-state index contributed by atoms with van der Waals surface area (Å²) < 4.78 is 5.62. The van der Waals surface area contributed by atoms with Crippen LogP contribution in [0.25, 0.3) is 0 Å². The van der Waals surface area contributed by atoms with Gasteiger partial charge in [0.05, 0.1) is 18.1 Å². The summed E-state index contributed by atoms with van der Waals surface area (Å²) >= 11 is 0. The summed E-state index contributed by atoms with van der Waals surface area (Å²) in [5, 5.41) is 8.95. The van der Waals surface area contributed by atoms with E-state index in [4.69, 9.17) is 15.9 Å². The van der Waals surface area contributed by atoms with E-state index in [1.54, 1.807) is 30.4 Å². The Labute approximate surface area is 107 Å². The number of aromatic nitrogens is 1. The van der Waals surface area contributed by atoms with Crippen LogP contribution < -0.4 is 21.4 Å². The van der Waals surface area contributed by atoms with E-state index in [0.29, 0.717) is 18.2 Å². The second-order valence-corrected chi connectivity index (χ2v) is 4.38. The van der Waals surface area contributed by atoms with Crippen LogP contribution in [0.15, 0.2) is 18.3 Å². The van der Waals surface area contributed by atoms with E-state index >= 15 is 0 Å². The number of ether oxygens (including phenoxy) is 1. The molecule has 0 aliphatic carbocycles. The number of hydrogen-bond acceptors (Lipinski definition) is 6. The molecule has 0 fully saturated rings. The quantitative estimate of drug-likeness (QED) is 0.318. The molecule has 0 atom stereocenters. The molecule has 0 amide bonds. The minimum Gasteiger partial charge on any atom is -0.489 e. The van der Waals surface area contributed by atoms with Gasteiger partial charge in [0.15, 0.2) is 0 Å². The van der Waals surface area contributed by atoms with E-state index in [-0.39, 0.29) is 0 Å². The lowest BCUT2D eigenvalue weighted by atomic mass is 10.1. The van der Waals surface area contributed by atoms with Crippen LogP contribution in [-0.4, -0.2) is 35.5 Å². The third kappa shape index (κ3) is 3.86. The molecule has 0 saturated heterocycles. The fraction of sp³-hybridized carbons (Fsp3) is 0.455. The topological polar surface area (TPSA) is 99.3 Å². The molecule has 18 heavy (non-hydrogen) atoms. The van der Waals surface area contributed by atoms with Gasteiger partial charge in [-0.3, -0.25) is 10.4 Å². The Bertz CT molecular complexity index is 378. The molecule has 0 bridgehead atoms. The van der Waals surface area contributed by atoms with Gasteiger partial charge in [0.25, 0.3) is 0 Å². The molecule has 0 aromatic carbocycles. The first kappa shape index (κ1) is 14.2. The molecule has 0 spiro atoms. The van der Waals surface area contributed by atoms with Crippen LogP contribution >= 0.6 is 0 Å². The monoisotopic (exact) mass is 252 g/mol. The first-order valence-corrected chi connectivity index (χ1v) is 5.56. The third-order valence-corrected chi connectivity index (χ3v) is 2.36. The van der Waals surface area contributed by atoms with Crippen LogP contribution in [0.2, 0.25) is 0 Å². The van der Waals surface area contributed by atoms with Crippen molar-refractivity contribution in [1.82, 2.24) is 21.0 Å². The highest BCUT2D eigenvalue weighted by molar-refractivity contribution is 5.51. The zero-order valence-corrected chi connectivity index (χ0v) is 10.9. The Morgan fingerprint density at radius 2 is 2.28 bits per heavy atom. The zero-order valence-electron chi connectivity index (χ0n) is 10.9. The van der Waals surface area contributed by atoms with Gasteiger partial charge in [-0.2, -0.15) is 5.53 Å². The Kier molecular flexibility index (Phi) is 4.87. The fourth-order valence-corrected chi connectivity index (χ4v) is 1.29. The van der Waals surface area contributed by atoms with Crippen LogP contribution in [0.1, 0.15) is 13.8 Å². The highest BCUT2D eigenvalue weighted by Crippen LogP contribution is 2.15. The second kappa shape index (κ2) is 6.18. The van der Waals surface area contributed by atoms with Crippen molar-refractivity contribution < 1.29 is 4.74 Å². The summed E-state index contributed by atoms with van der Waals surface area (Å²) in [6.45, 7) is 4.29.